The van der Waals surface area contributed by atoms with Gasteiger partial charge in [0.15, 0.2) is 0 Å². The van der Waals surface area contributed by atoms with Gasteiger partial charge in [-0.3, -0.25) is 0 Å². The average Bonchev–Trinajstić information content (AvgIpc) is 1.97. The number of carbonyl (C=O) groups is 2. The van der Waals surface area contributed by atoms with Crippen LogP contribution in [0.4, 0.5) is 4.79 Å². The van der Waals surface area contributed by atoms with Crippen molar-refractivity contribution in [1.29, 1.82) is 0 Å². The van der Waals surface area contributed by atoms with Gasteiger partial charge in [-0.2, -0.15) is 10.1 Å². The maximum atomic E-state index is 10.9. The first-order valence-electron chi connectivity index (χ1n) is 3.61. The first kappa shape index (κ1) is 7.91. The predicted molar refractivity (Wildman–Crippen MR) is 39.6 cm³/mol. The molecule has 1 N–H and O–H groups in total. The molecule has 60 valence electrons. The van der Waals surface area contributed by atoms with Gasteiger partial charge in [-0.1, -0.05) is 0 Å². The predicted octanol–water partition coefficient (Wildman–Crippen LogP) is -0.0245. The Morgan fingerprint density at radius 3 is 2.82 bits per heavy atom. The molecule has 0 spiro atoms. The summed E-state index contributed by atoms with van der Waals surface area (Å²) in [7, 11) is 0. The fourth-order valence-electron chi connectivity index (χ4n) is 0.945. The molecule has 0 bridgehead atoms. The van der Waals surface area contributed by atoms with Crippen LogP contribution in [0.3, 0.4) is 0 Å². The molecule has 0 aromatic heterocycles. The molecule has 0 aromatic rings. The van der Waals surface area contributed by atoms with Crippen molar-refractivity contribution < 1.29 is 14.2 Å². The van der Waals surface area contributed by atoms with Crippen molar-refractivity contribution in [3.63, 3.8) is 0 Å². The highest BCUT2D eigenvalue weighted by atomic mass is 16.2. The average molecular weight is 155 g/mol. The van der Waals surface area contributed by atoms with Crippen molar-refractivity contribution in [3.8, 4) is 0 Å². The molecular formula is C7H11N2O2+. The lowest BCUT2D eigenvalue weighted by Crippen LogP contribution is -2.47. The van der Waals surface area contributed by atoms with Gasteiger partial charge in [0.25, 0.3) is 0 Å². The monoisotopic (exact) mass is 155 g/mol. The van der Waals surface area contributed by atoms with Crippen LogP contribution in [0.15, 0.2) is 0 Å². The number of nitrogens with zero attached hydrogens (tertiary/aromatic N) is 1. The molecule has 0 saturated carbocycles. The highest BCUT2D eigenvalue weighted by molar-refractivity contribution is 6.03. The first-order valence-corrected chi connectivity index (χ1v) is 3.61. The van der Waals surface area contributed by atoms with Gasteiger partial charge in [-0.05, 0) is 13.8 Å². The molecule has 1 atom stereocenters. The van der Waals surface area contributed by atoms with Crippen molar-refractivity contribution in [2.24, 2.45) is 5.92 Å². The van der Waals surface area contributed by atoms with Crippen LogP contribution in [-0.2, 0) is 4.79 Å². The van der Waals surface area contributed by atoms with Gasteiger partial charge in [0, 0.05) is 0 Å². The largest absolute Gasteiger partial charge is 0.498 e. The maximum Gasteiger partial charge on any atom is 0.498 e. The Morgan fingerprint density at radius 2 is 2.27 bits per heavy atom. The zero-order valence-electron chi connectivity index (χ0n) is 6.63. The molecular weight excluding hydrogens is 144 g/mol. The zero-order valence-corrected chi connectivity index (χ0v) is 6.63. The number of urea groups is 1. The van der Waals surface area contributed by atoms with E-state index in [0.717, 1.165) is 0 Å². The van der Waals surface area contributed by atoms with Gasteiger partial charge >= 0.3 is 11.9 Å². The van der Waals surface area contributed by atoms with Gasteiger partial charge in [0.2, 0.25) is 0 Å². The van der Waals surface area contributed by atoms with E-state index < -0.39 is 0 Å². The third-order valence-corrected chi connectivity index (χ3v) is 1.65. The number of hydrogen-bond donors (Lipinski definition) is 1. The Labute approximate surface area is 64.9 Å². The summed E-state index contributed by atoms with van der Waals surface area (Å²) >= 11 is 0. The van der Waals surface area contributed by atoms with E-state index in [1.807, 2.05) is 6.92 Å². The van der Waals surface area contributed by atoms with Gasteiger partial charge in [-0.25, -0.2) is 9.37 Å². The lowest BCUT2D eigenvalue weighted by Gasteiger charge is -2.09. The van der Waals surface area contributed by atoms with Gasteiger partial charge in [0.1, 0.15) is 5.92 Å². The third kappa shape index (κ3) is 1.45. The van der Waals surface area contributed by atoms with E-state index in [9.17, 15) is 9.59 Å². The number of amides is 3. The van der Waals surface area contributed by atoms with Crippen LogP contribution >= 0.6 is 0 Å². The second-order valence-corrected chi connectivity index (χ2v) is 2.52. The first-order chi connectivity index (χ1) is 5.15. The van der Waals surface area contributed by atoms with Crippen molar-refractivity contribution in [2.45, 2.75) is 13.8 Å². The van der Waals surface area contributed by atoms with Crippen LogP contribution < -0.4 is 5.32 Å². The molecule has 11 heavy (non-hydrogen) atoms. The van der Waals surface area contributed by atoms with Crippen molar-refractivity contribution in [2.75, 3.05) is 6.54 Å². The van der Waals surface area contributed by atoms with E-state index in [1.54, 1.807) is 13.1 Å². The quantitative estimate of drug-likeness (QED) is 0.541. The molecule has 4 heteroatoms. The van der Waals surface area contributed by atoms with Crippen LogP contribution in [0.25, 0.3) is 0 Å². The van der Waals surface area contributed by atoms with Crippen molar-refractivity contribution in [3.05, 3.63) is 0 Å². The van der Waals surface area contributed by atoms with Crippen molar-refractivity contribution >= 4 is 18.2 Å². The molecule has 0 aliphatic carbocycles. The van der Waals surface area contributed by atoms with Gasteiger partial charge in [-0.15, -0.1) is 0 Å². The van der Waals surface area contributed by atoms with E-state index in [0.29, 0.717) is 6.54 Å². The molecule has 0 radical (unpaired) electrons. The molecule has 3 amide bonds. The number of hydrogen-bond acceptors (Lipinski definition) is 2. The summed E-state index contributed by atoms with van der Waals surface area (Å²) < 4.78 is 1.49. The molecule has 4 nitrogen and oxygen atoms in total. The van der Waals surface area contributed by atoms with E-state index in [1.165, 1.54) is 4.58 Å². The fraction of sp³-hybridized carbons (Fsp3) is 0.571. The van der Waals surface area contributed by atoms with E-state index in [2.05, 4.69) is 5.32 Å². The minimum atomic E-state index is -0.324. The smallest absolute Gasteiger partial charge is 0.246 e. The Morgan fingerprint density at radius 1 is 1.64 bits per heavy atom. The van der Waals surface area contributed by atoms with E-state index in [-0.39, 0.29) is 17.9 Å². The summed E-state index contributed by atoms with van der Waals surface area (Å²) in [5.74, 6) is -0.424. The fourth-order valence-corrected chi connectivity index (χ4v) is 0.945. The SMILES string of the molecule is CC[N+]1=CC(C)C(=O)NC1=O. The lowest BCUT2D eigenvalue weighted by molar-refractivity contribution is -0.423. The second-order valence-electron chi connectivity index (χ2n) is 2.52. The standard InChI is InChI=1S/C7H10N2O2/c1-3-9-4-5(2)6(10)8-7(9)11/h4-5H,3H2,1-2H3/p+1. The minimum absolute atomic E-state index is 0.201. The Balaban J connectivity index is 2.87. The van der Waals surface area contributed by atoms with Gasteiger partial charge < -0.3 is 0 Å². The normalized spacial score (nSPS) is 24.5. The van der Waals surface area contributed by atoms with E-state index >= 15 is 0 Å². The Bertz CT molecular complexity index is 233. The van der Waals surface area contributed by atoms with Crippen LogP contribution in [-0.4, -0.2) is 29.3 Å². The zero-order chi connectivity index (χ0) is 8.43. The van der Waals surface area contributed by atoms with Crippen LogP contribution in [0.5, 0.6) is 0 Å². The highest BCUT2D eigenvalue weighted by Crippen LogP contribution is 1.96. The second kappa shape index (κ2) is 2.82. The van der Waals surface area contributed by atoms with Crippen LogP contribution in [0.1, 0.15) is 13.8 Å². The van der Waals surface area contributed by atoms with E-state index in [4.69, 9.17) is 0 Å². The van der Waals surface area contributed by atoms with Crippen LogP contribution in [0, 0.1) is 5.92 Å². The molecule has 1 aliphatic rings. The summed E-state index contributed by atoms with van der Waals surface area (Å²) in [4.78, 5) is 21.8. The summed E-state index contributed by atoms with van der Waals surface area (Å²) in [6.07, 6.45) is 1.64. The minimum Gasteiger partial charge on any atom is -0.246 e. The van der Waals surface area contributed by atoms with Gasteiger partial charge in [0.05, 0.1) is 12.8 Å². The number of rotatable bonds is 1. The number of nitrogens with one attached hydrogen (secondary N) is 1. The number of imide groups is 1. The molecule has 1 unspecified atom stereocenters. The topological polar surface area (TPSA) is 49.2 Å². The summed E-state index contributed by atoms with van der Waals surface area (Å²) in [6, 6.07) is -0.324. The molecule has 1 rings (SSSR count). The summed E-state index contributed by atoms with van der Waals surface area (Å²) in [5.41, 5.74) is 0. The highest BCUT2D eigenvalue weighted by Gasteiger charge is 2.29. The molecule has 1 aliphatic heterocycles. The Kier molecular flexibility index (Phi) is 2.03. The van der Waals surface area contributed by atoms with Crippen LogP contribution in [0.2, 0.25) is 0 Å². The molecule has 0 aromatic carbocycles. The Hall–Kier alpha value is -1.19. The third-order valence-electron chi connectivity index (χ3n) is 1.65. The lowest BCUT2D eigenvalue weighted by atomic mass is 10.1. The molecule has 1 heterocycles. The van der Waals surface area contributed by atoms with Crippen molar-refractivity contribution in [1.82, 2.24) is 5.32 Å². The summed E-state index contributed by atoms with van der Waals surface area (Å²) in [6.45, 7) is 4.21. The molecule has 0 saturated heterocycles. The number of carbonyl (C=O) groups excluding carboxylic acids is 2. The molecule has 0 fully saturated rings. The summed E-state index contributed by atoms with van der Waals surface area (Å²) in [5, 5.41) is 2.25. The maximum absolute atomic E-state index is 10.9.